The minimum Gasteiger partial charge on any atom is -0.353 e. The Morgan fingerprint density at radius 2 is 2.44 bits per heavy atom. The van der Waals surface area contributed by atoms with Crippen LogP contribution in [0.25, 0.3) is 0 Å². The van der Waals surface area contributed by atoms with Gasteiger partial charge in [-0.05, 0) is 18.6 Å². The summed E-state index contributed by atoms with van der Waals surface area (Å²) in [6.07, 6.45) is 2.80. The van der Waals surface area contributed by atoms with Crippen molar-refractivity contribution in [3.63, 3.8) is 0 Å². The normalized spacial score (nSPS) is 21.9. The number of carbonyl (C=O) groups excluding carboxylic acids is 1. The molecule has 1 fully saturated rings. The van der Waals surface area contributed by atoms with Crippen molar-refractivity contribution in [3.05, 3.63) is 29.8 Å². The number of halogens is 1. The van der Waals surface area contributed by atoms with Crippen molar-refractivity contribution >= 4 is 5.91 Å². The molecule has 0 spiro atoms. The second kappa shape index (κ2) is 4.57. The van der Waals surface area contributed by atoms with Crippen LogP contribution in [0.3, 0.4) is 0 Å². The Hall–Kier alpha value is -1.49. The number of pyridine rings is 1. The second-order valence-corrected chi connectivity index (χ2v) is 3.95. The van der Waals surface area contributed by atoms with Gasteiger partial charge in [0.1, 0.15) is 5.82 Å². The first-order valence-electron chi connectivity index (χ1n) is 5.28. The molecule has 0 radical (unpaired) electrons. The van der Waals surface area contributed by atoms with Gasteiger partial charge in [-0.25, -0.2) is 4.39 Å². The molecule has 16 heavy (non-hydrogen) atoms. The van der Waals surface area contributed by atoms with Crippen LogP contribution in [0.15, 0.2) is 18.5 Å². The third-order valence-corrected chi connectivity index (χ3v) is 2.77. The van der Waals surface area contributed by atoms with E-state index in [1.165, 1.54) is 12.3 Å². The van der Waals surface area contributed by atoms with E-state index in [1.54, 1.807) is 6.20 Å². The first-order valence-corrected chi connectivity index (χ1v) is 5.28. The van der Waals surface area contributed by atoms with Gasteiger partial charge in [0.15, 0.2) is 0 Å². The summed E-state index contributed by atoms with van der Waals surface area (Å²) in [5.74, 6) is -0.317. The summed E-state index contributed by atoms with van der Waals surface area (Å²) in [6.45, 7) is 3.83. The van der Waals surface area contributed by atoms with Crippen LogP contribution in [0.1, 0.15) is 12.5 Å². The summed E-state index contributed by atoms with van der Waals surface area (Å²) in [5.41, 5.74) is 0.793. The predicted octanol–water partition coefficient (Wildman–Crippen LogP) is 0.541. The third-order valence-electron chi connectivity index (χ3n) is 2.77. The number of piperazine rings is 1. The topological polar surface area (TPSA) is 45.2 Å². The summed E-state index contributed by atoms with van der Waals surface area (Å²) in [6, 6.07) is 1.28. The molecular weight excluding hydrogens is 209 g/mol. The highest BCUT2D eigenvalue weighted by molar-refractivity contribution is 5.81. The van der Waals surface area contributed by atoms with Gasteiger partial charge in [0.25, 0.3) is 0 Å². The van der Waals surface area contributed by atoms with Crippen molar-refractivity contribution in [2.24, 2.45) is 0 Å². The van der Waals surface area contributed by atoms with Crippen LogP contribution in [0.2, 0.25) is 0 Å². The number of nitrogens with one attached hydrogen (secondary N) is 1. The Balaban J connectivity index is 2.06. The number of amides is 1. The second-order valence-electron chi connectivity index (χ2n) is 3.95. The Labute approximate surface area is 93.5 Å². The largest absolute Gasteiger partial charge is 0.353 e. The average Bonchev–Trinajstić information content (AvgIpc) is 2.25. The lowest BCUT2D eigenvalue weighted by atomic mass is 10.1. The highest BCUT2D eigenvalue weighted by Gasteiger charge is 2.25. The molecular formula is C11H14FN3O. The van der Waals surface area contributed by atoms with Crippen LogP contribution in [0, 0.1) is 5.82 Å². The number of aromatic nitrogens is 1. The van der Waals surface area contributed by atoms with Crippen LogP contribution >= 0.6 is 0 Å². The molecule has 0 aliphatic carbocycles. The van der Waals surface area contributed by atoms with E-state index in [2.05, 4.69) is 10.3 Å². The van der Waals surface area contributed by atoms with E-state index in [-0.39, 0.29) is 17.8 Å². The Morgan fingerprint density at radius 3 is 3.19 bits per heavy atom. The minimum absolute atomic E-state index is 0.0237. The van der Waals surface area contributed by atoms with Gasteiger partial charge in [0.05, 0.1) is 12.2 Å². The van der Waals surface area contributed by atoms with Crippen molar-refractivity contribution < 1.29 is 9.18 Å². The number of hydrogen-bond acceptors (Lipinski definition) is 3. The van der Waals surface area contributed by atoms with Crippen LogP contribution in [0.5, 0.6) is 0 Å². The van der Waals surface area contributed by atoms with E-state index < -0.39 is 0 Å². The minimum atomic E-state index is -0.341. The predicted molar refractivity (Wildman–Crippen MR) is 57.1 cm³/mol. The van der Waals surface area contributed by atoms with E-state index in [0.29, 0.717) is 13.1 Å². The molecule has 1 saturated heterocycles. The van der Waals surface area contributed by atoms with Crippen LogP contribution in [-0.4, -0.2) is 34.9 Å². The van der Waals surface area contributed by atoms with Gasteiger partial charge in [-0.3, -0.25) is 14.7 Å². The van der Waals surface area contributed by atoms with E-state index in [4.69, 9.17) is 0 Å². The molecule has 0 bridgehead atoms. The lowest BCUT2D eigenvalue weighted by Gasteiger charge is -2.32. The smallest absolute Gasteiger partial charge is 0.237 e. The van der Waals surface area contributed by atoms with Crippen molar-refractivity contribution in [1.82, 2.24) is 15.2 Å². The first kappa shape index (κ1) is 11.0. The molecule has 2 heterocycles. The average molecular weight is 223 g/mol. The summed E-state index contributed by atoms with van der Waals surface area (Å²) in [4.78, 5) is 17.2. The van der Waals surface area contributed by atoms with E-state index in [0.717, 1.165) is 12.1 Å². The van der Waals surface area contributed by atoms with Crippen LogP contribution < -0.4 is 5.32 Å². The first-order chi connectivity index (χ1) is 7.66. The molecule has 1 amide bonds. The van der Waals surface area contributed by atoms with Gasteiger partial charge in [-0.15, -0.1) is 0 Å². The van der Waals surface area contributed by atoms with Crippen molar-refractivity contribution in [3.8, 4) is 0 Å². The lowest BCUT2D eigenvalue weighted by molar-refractivity contribution is -0.128. The zero-order valence-corrected chi connectivity index (χ0v) is 9.11. The molecule has 2 rings (SSSR count). The van der Waals surface area contributed by atoms with Gasteiger partial charge in [0.2, 0.25) is 5.91 Å². The van der Waals surface area contributed by atoms with Crippen LogP contribution in [0.4, 0.5) is 4.39 Å². The lowest BCUT2D eigenvalue weighted by Crippen LogP contribution is -2.53. The monoisotopic (exact) mass is 223 g/mol. The van der Waals surface area contributed by atoms with Crippen molar-refractivity contribution in [2.45, 2.75) is 19.5 Å². The van der Waals surface area contributed by atoms with Crippen molar-refractivity contribution in [1.29, 1.82) is 0 Å². The zero-order valence-electron chi connectivity index (χ0n) is 9.11. The number of rotatable bonds is 2. The fourth-order valence-electron chi connectivity index (χ4n) is 1.82. The highest BCUT2D eigenvalue weighted by atomic mass is 19.1. The quantitative estimate of drug-likeness (QED) is 0.796. The molecule has 1 aliphatic heterocycles. The van der Waals surface area contributed by atoms with Crippen LogP contribution in [-0.2, 0) is 11.3 Å². The molecule has 1 N–H and O–H groups in total. The summed E-state index contributed by atoms with van der Waals surface area (Å²) >= 11 is 0. The number of hydrogen-bond donors (Lipinski definition) is 1. The van der Waals surface area contributed by atoms with E-state index >= 15 is 0 Å². The highest BCUT2D eigenvalue weighted by Crippen LogP contribution is 2.10. The molecule has 1 aromatic heterocycles. The standard InChI is InChI=1S/C11H14FN3O/c1-8-11(16)14-2-3-15(8)7-9-4-10(12)6-13-5-9/h4-6,8H,2-3,7H2,1H3,(H,14,16)/t8-/m1/s1. The third kappa shape index (κ3) is 2.36. The summed E-state index contributed by atoms with van der Waals surface area (Å²) in [7, 11) is 0. The summed E-state index contributed by atoms with van der Waals surface area (Å²) < 4.78 is 12.9. The molecule has 86 valence electrons. The van der Waals surface area contributed by atoms with Gasteiger partial charge < -0.3 is 5.32 Å². The number of carbonyl (C=O) groups is 1. The molecule has 4 nitrogen and oxygen atoms in total. The fourth-order valence-corrected chi connectivity index (χ4v) is 1.82. The van der Waals surface area contributed by atoms with Gasteiger partial charge in [-0.1, -0.05) is 0 Å². The molecule has 1 aromatic rings. The molecule has 0 saturated carbocycles. The summed E-state index contributed by atoms with van der Waals surface area (Å²) in [5, 5.41) is 2.79. The molecule has 0 unspecified atom stereocenters. The zero-order chi connectivity index (χ0) is 11.5. The Kier molecular flexibility index (Phi) is 3.14. The van der Waals surface area contributed by atoms with E-state index in [1.807, 2.05) is 11.8 Å². The maximum atomic E-state index is 12.9. The maximum Gasteiger partial charge on any atom is 0.237 e. The Morgan fingerprint density at radius 1 is 1.62 bits per heavy atom. The molecule has 1 atom stereocenters. The SMILES string of the molecule is C[C@@H]1C(=O)NCCN1Cc1cncc(F)c1. The molecule has 5 heteroatoms. The Bertz CT molecular complexity index is 397. The fraction of sp³-hybridized carbons (Fsp3) is 0.455. The van der Waals surface area contributed by atoms with Gasteiger partial charge in [-0.2, -0.15) is 0 Å². The maximum absolute atomic E-state index is 12.9. The molecule has 0 aromatic carbocycles. The number of nitrogens with zero attached hydrogens (tertiary/aromatic N) is 2. The van der Waals surface area contributed by atoms with Gasteiger partial charge in [0, 0.05) is 25.8 Å². The van der Waals surface area contributed by atoms with Crippen molar-refractivity contribution in [2.75, 3.05) is 13.1 Å². The molecule has 1 aliphatic rings. The van der Waals surface area contributed by atoms with E-state index in [9.17, 15) is 9.18 Å². The van der Waals surface area contributed by atoms with Gasteiger partial charge >= 0.3 is 0 Å².